The van der Waals surface area contributed by atoms with Gasteiger partial charge in [0.25, 0.3) is 0 Å². The summed E-state index contributed by atoms with van der Waals surface area (Å²) in [6.45, 7) is 7.00. The number of methoxy groups -OCH3 is 1. The largest absolute Gasteiger partial charge is 0.496 e. The normalized spacial score (nSPS) is 11.5. The quantitative estimate of drug-likeness (QED) is 0.178. The number of benzene rings is 3. The number of unbranched alkanes of at least 4 members (excludes halogenated alkanes) is 1. The molecule has 0 radical (unpaired) electrons. The molecule has 0 amide bonds. The summed E-state index contributed by atoms with van der Waals surface area (Å²) in [6, 6.07) is 18.5. The number of rotatable bonds is 13. The van der Waals surface area contributed by atoms with Crippen molar-refractivity contribution >= 4 is 11.9 Å². The topological polar surface area (TPSA) is 71.1 Å². The molecule has 1 unspecified atom stereocenters. The van der Waals surface area contributed by atoms with Crippen LogP contribution in [0.15, 0.2) is 66.7 Å². The molecule has 3 aromatic carbocycles. The Hall–Kier alpha value is -3.80. The van der Waals surface area contributed by atoms with Gasteiger partial charge < -0.3 is 18.9 Å². The molecule has 3 aromatic rings. The fourth-order valence-electron chi connectivity index (χ4n) is 3.91. The maximum atomic E-state index is 12.8. The molecule has 6 heteroatoms. The minimum Gasteiger partial charge on any atom is -0.496 e. The molecule has 0 aromatic heterocycles. The summed E-state index contributed by atoms with van der Waals surface area (Å²) in [6.07, 6.45) is 5.81. The average molecular weight is 505 g/mol. The number of ether oxygens (including phenoxy) is 4. The molecule has 0 fully saturated rings. The van der Waals surface area contributed by atoms with E-state index < -0.39 is 11.9 Å². The van der Waals surface area contributed by atoms with Crippen molar-refractivity contribution in [2.75, 3.05) is 13.7 Å². The molecule has 0 aliphatic heterocycles. The highest BCUT2D eigenvalue weighted by molar-refractivity contribution is 5.94. The Bertz CT molecular complexity index is 1150. The molecule has 3 rings (SSSR count). The molecule has 0 saturated heterocycles. The monoisotopic (exact) mass is 504 g/mol. The van der Waals surface area contributed by atoms with Crippen molar-refractivity contribution in [1.29, 1.82) is 0 Å². The third-order valence-electron chi connectivity index (χ3n) is 6.26. The van der Waals surface area contributed by atoms with E-state index in [4.69, 9.17) is 18.9 Å². The number of esters is 2. The van der Waals surface area contributed by atoms with Crippen LogP contribution in [-0.4, -0.2) is 25.7 Å². The summed E-state index contributed by atoms with van der Waals surface area (Å²) in [5.41, 5.74) is 1.71. The van der Waals surface area contributed by atoms with E-state index in [0.717, 1.165) is 18.4 Å². The van der Waals surface area contributed by atoms with Gasteiger partial charge in [-0.15, -0.1) is 0 Å². The SMILES string of the molecule is CCCCC(CC)CCOc1ccc(C(=O)Oc2ccc(C(=O)Oc3ccc(C)cc3)cc2)c(OC)c1. The van der Waals surface area contributed by atoms with E-state index in [1.165, 1.54) is 26.4 Å². The van der Waals surface area contributed by atoms with Crippen LogP contribution in [0.5, 0.6) is 23.0 Å². The first-order chi connectivity index (χ1) is 17.9. The number of hydrogen-bond donors (Lipinski definition) is 0. The molecule has 0 spiro atoms. The molecule has 37 heavy (non-hydrogen) atoms. The van der Waals surface area contributed by atoms with Crippen LogP contribution in [0.3, 0.4) is 0 Å². The van der Waals surface area contributed by atoms with Crippen LogP contribution in [0.4, 0.5) is 0 Å². The Morgan fingerprint density at radius 1 is 0.784 bits per heavy atom. The van der Waals surface area contributed by atoms with E-state index in [9.17, 15) is 9.59 Å². The summed E-state index contributed by atoms with van der Waals surface area (Å²) in [5, 5.41) is 0. The maximum Gasteiger partial charge on any atom is 0.347 e. The standard InChI is InChI=1S/C31H36O6/c1-5-7-8-23(6-2)19-20-35-27-17-18-28(29(21-27)34-4)31(33)37-26-15-11-24(12-16-26)30(32)36-25-13-9-22(3)10-14-25/h9-18,21,23H,5-8,19-20H2,1-4H3. The van der Waals surface area contributed by atoms with Crippen LogP contribution in [-0.2, 0) is 0 Å². The molecule has 0 N–H and O–H groups in total. The van der Waals surface area contributed by atoms with Gasteiger partial charge in [-0.05, 0) is 67.8 Å². The highest BCUT2D eigenvalue weighted by atomic mass is 16.5. The second kappa shape index (κ2) is 14.1. The zero-order chi connectivity index (χ0) is 26.6. The summed E-state index contributed by atoms with van der Waals surface area (Å²) >= 11 is 0. The first-order valence-corrected chi connectivity index (χ1v) is 12.8. The van der Waals surface area contributed by atoms with E-state index >= 15 is 0 Å². The first kappa shape index (κ1) is 27.8. The molecular formula is C31H36O6. The van der Waals surface area contributed by atoms with Gasteiger partial charge in [0.1, 0.15) is 28.6 Å². The smallest absolute Gasteiger partial charge is 0.347 e. The van der Waals surface area contributed by atoms with Crippen molar-refractivity contribution in [1.82, 2.24) is 0 Å². The van der Waals surface area contributed by atoms with Crippen molar-refractivity contribution in [3.63, 3.8) is 0 Å². The third-order valence-corrected chi connectivity index (χ3v) is 6.26. The average Bonchev–Trinajstić information content (AvgIpc) is 2.92. The lowest BCUT2D eigenvalue weighted by Crippen LogP contribution is -2.12. The minimum atomic E-state index is -0.566. The highest BCUT2D eigenvalue weighted by Crippen LogP contribution is 2.27. The predicted octanol–water partition coefficient (Wildman–Crippen LogP) is 7.43. The van der Waals surface area contributed by atoms with E-state index in [1.807, 2.05) is 19.1 Å². The van der Waals surface area contributed by atoms with Crippen LogP contribution in [0.2, 0.25) is 0 Å². The van der Waals surface area contributed by atoms with Gasteiger partial charge in [-0.3, -0.25) is 0 Å². The van der Waals surface area contributed by atoms with Crippen molar-refractivity contribution in [3.05, 3.63) is 83.4 Å². The molecule has 1 atom stereocenters. The van der Waals surface area contributed by atoms with Gasteiger partial charge in [0, 0.05) is 6.07 Å². The van der Waals surface area contributed by atoms with Crippen LogP contribution >= 0.6 is 0 Å². The Balaban J connectivity index is 1.57. The van der Waals surface area contributed by atoms with Crippen LogP contribution < -0.4 is 18.9 Å². The first-order valence-electron chi connectivity index (χ1n) is 12.8. The van der Waals surface area contributed by atoms with Crippen molar-refractivity contribution in [2.45, 2.75) is 52.9 Å². The van der Waals surface area contributed by atoms with E-state index in [-0.39, 0.29) is 5.56 Å². The van der Waals surface area contributed by atoms with Gasteiger partial charge in [0.15, 0.2) is 0 Å². The third kappa shape index (κ3) is 8.38. The lowest BCUT2D eigenvalue weighted by Gasteiger charge is -2.15. The molecular weight excluding hydrogens is 468 g/mol. The number of hydrogen-bond acceptors (Lipinski definition) is 6. The molecule has 0 bridgehead atoms. The lowest BCUT2D eigenvalue weighted by molar-refractivity contribution is 0.0728. The fraction of sp³-hybridized carbons (Fsp3) is 0.355. The second-order valence-electron chi connectivity index (χ2n) is 9.03. The van der Waals surface area contributed by atoms with Crippen LogP contribution in [0.25, 0.3) is 0 Å². The number of carbonyl (C=O) groups excluding carboxylic acids is 2. The van der Waals surface area contributed by atoms with Gasteiger partial charge in [-0.25, -0.2) is 9.59 Å². The van der Waals surface area contributed by atoms with Gasteiger partial charge >= 0.3 is 11.9 Å². The van der Waals surface area contributed by atoms with Crippen molar-refractivity contribution < 1.29 is 28.5 Å². The molecule has 0 aliphatic rings. The molecule has 0 heterocycles. The molecule has 0 aliphatic carbocycles. The summed E-state index contributed by atoms with van der Waals surface area (Å²) in [7, 11) is 1.50. The lowest BCUT2D eigenvalue weighted by atomic mass is 9.96. The Morgan fingerprint density at radius 2 is 1.41 bits per heavy atom. The van der Waals surface area contributed by atoms with Crippen LogP contribution in [0, 0.1) is 12.8 Å². The van der Waals surface area contributed by atoms with Crippen molar-refractivity contribution in [2.24, 2.45) is 5.92 Å². The fourth-order valence-corrected chi connectivity index (χ4v) is 3.91. The van der Waals surface area contributed by atoms with Gasteiger partial charge in [0.2, 0.25) is 0 Å². The Kier molecular flexibility index (Phi) is 10.6. The minimum absolute atomic E-state index is 0.284. The van der Waals surface area contributed by atoms with E-state index in [2.05, 4.69) is 13.8 Å². The molecule has 6 nitrogen and oxygen atoms in total. The second-order valence-corrected chi connectivity index (χ2v) is 9.03. The summed E-state index contributed by atoms with van der Waals surface area (Å²) in [5.74, 6) is 1.39. The maximum absolute atomic E-state index is 12.8. The Morgan fingerprint density at radius 3 is 2.03 bits per heavy atom. The zero-order valence-electron chi connectivity index (χ0n) is 22.1. The number of aryl methyl sites for hydroxylation is 1. The summed E-state index contributed by atoms with van der Waals surface area (Å²) in [4.78, 5) is 25.2. The van der Waals surface area contributed by atoms with Gasteiger partial charge in [-0.2, -0.15) is 0 Å². The van der Waals surface area contributed by atoms with Crippen LogP contribution in [0.1, 0.15) is 72.2 Å². The molecule has 196 valence electrons. The van der Waals surface area contributed by atoms with Gasteiger partial charge in [0.05, 0.1) is 19.3 Å². The van der Waals surface area contributed by atoms with Crippen molar-refractivity contribution in [3.8, 4) is 23.0 Å². The summed E-state index contributed by atoms with van der Waals surface area (Å²) < 4.78 is 22.2. The number of carbonyl (C=O) groups is 2. The predicted molar refractivity (Wildman–Crippen MR) is 144 cm³/mol. The van der Waals surface area contributed by atoms with Gasteiger partial charge in [-0.1, -0.05) is 57.2 Å². The highest BCUT2D eigenvalue weighted by Gasteiger charge is 2.17. The molecule has 0 saturated carbocycles. The zero-order valence-corrected chi connectivity index (χ0v) is 22.1. The Labute approximate surface area is 219 Å². The van der Waals surface area contributed by atoms with E-state index in [1.54, 1.807) is 54.6 Å². The van der Waals surface area contributed by atoms with E-state index in [0.29, 0.717) is 41.1 Å².